The van der Waals surface area contributed by atoms with Crippen LogP contribution in [-0.4, -0.2) is 38.6 Å². The first kappa shape index (κ1) is 23.5. The Balaban J connectivity index is 0.00000576. The van der Waals surface area contributed by atoms with Crippen LogP contribution in [-0.2, 0) is 11.2 Å². The topological polar surface area (TPSA) is 88.7 Å². The fraction of sp³-hybridized carbons (Fsp3) is 0.556. The van der Waals surface area contributed by atoms with Crippen LogP contribution < -0.4 is 21.1 Å². The van der Waals surface area contributed by atoms with Gasteiger partial charge in [-0.15, -0.1) is 24.0 Å². The van der Waals surface area contributed by atoms with Crippen LogP contribution in [0.25, 0.3) is 0 Å². The quantitative estimate of drug-likeness (QED) is 0.314. The number of methoxy groups -OCH3 is 1. The first-order valence-electron chi connectivity index (χ1n) is 8.25. The Morgan fingerprint density at radius 1 is 1.32 bits per heavy atom. The van der Waals surface area contributed by atoms with E-state index in [-0.39, 0.29) is 29.9 Å². The number of rotatable bonds is 8. The van der Waals surface area contributed by atoms with Crippen LogP contribution in [0.1, 0.15) is 31.9 Å². The largest absolute Gasteiger partial charge is 0.496 e. The van der Waals surface area contributed by atoms with E-state index in [2.05, 4.69) is 33.8 Å². The predicted octanol–water partition coefficient (Wildman–Crippen LogP) is 2.23. The van der Waals surface area contributed by atoms with E-state index in [1.54, 1.807) is 21.0 Å². The van der Waals surface area contributed by atoms with E-state index in [1.807, 2.05) is 13.8 Å². The van der Waals surface area contributed by atoms with Crippen molar-refractivity contribution in [3.63, 3.8) is 0 Å². The van der Waals surface area contributed by atoms with Crippen molar-refractivity contribution in [3.05, 3.63) is 29.3 Å². The van der Waals surface area contributed by atoms with E-state index in [1.165, 1.54) is 5.56 Å². The lowest BCUT2D eigenvalue weighted by molar-refractivity contribution is -0.125. The summed E-state index contributed by atoms with van der Waals surface area (Å²) in [5, 5.41) is 6.45. The second-order valence-electron chi connectivity index (χ2n) is 6.42. The van der Waals surface area contributed by atoms with Gasteiger partial charge in [0.15, 0.2) is 5.96 Å². The first-order valence-corrected chi connectivity index (χ1v) is 8.25. The van der Waals surface area contributed by atoms with Crippen molar-refractivity contribution in [1.82, 2.24) is 10.6 Å². The van der Waals surface area contributed by atoms with Crippen molar-refractivity contribution in [3.8, 4) is 5.75 Å². The van der Waals surface area contributed by atoms with Gasteiger partial charge in [0.05, 0.1) is 19.1 Å². The summed E-state index contributed by atoms with van der Waals surface area (Å²) in [4.78, 5) is 15.8. The maximum Gasteiger partial charge on any atom is 0.224 e. The van der Waals surface area contributed by atoms with E-state index < -0.39 is 5.41 Å². The molecule has 0 atom stereocenters. The molecule has 142 valence electrons. The Labute approximate surface area is 168 Å². The highest BCUT2D eigenvalue weighted by Crippen LogP contribution is 2.19. The number of nitrogens with one attached hydrogen (secondary N) is 2. The smallest absolute Gasteiger partial charge is 0.224 e. The van der Waals surface area contributed by atoms with Crippen LogP contribution in [0.2, 0.25) is 0 Å². The van der Waals surface area contributed by atoms with E-state index in [9.17, 15) is 4.79 Å². The number of halogens is 1. The lowest BCUT2D eigenvalue weighted by Crippen LogP contribution is -2.40. The summed E-state index contributed by atoms with van der Waals surface area (Å²) in [6, 6.07) is 6.21. The summed E-state index contributed by atoms with van der Waals surface area (Å²) < 4.78 is 5.35. The summed E-state index contributed by atoms with van der Waals surface area (Å²) in [6.07, 6.45) is 0.847. The molecule has 1 aromatic carbocycles. The van der Waals surface area contributed by atoms with Crippen molar-refractivity contribution in [1.29, 1.82) is 0 Å². The lowest BCUT2D eigenvalue weighted by atomic mass is 9.93. The molecule has 0 radical (unpaired) electrons. The molecule has 0 heterocycles. The highest BCUT2D eigenvalue weighted by Gasteiger charge is 2.24. The standard InChI is InChI=1S/C18H30N4O2.HI/c1-6-20-17(22-12-18(3,4)16(19)23)21-10-9-14-8-7-13(2)15(11-14)24-5;/h7-8,11H,6,9-10,12H2,1-5H3,(H2,19,23)(H2,20,21,22);1H. The van der Waals surface area contributed by atoms with Gasteiger partial charge in [0.2, 0.25) is 5.91 Å². The Bertz CT molecular complexity index is 588. The van der Waals surface area contributed by atoms with Crippen LogP contribution in [0.5, 0.6) is 5.75 Å². The summed E-state index contributed by atoms with van der Waals surface area (Å²) in [5.41, 5.74) is 7.04. The molecule has 0 aliphatic heterocycles. The molecule has 0 unspecified atom stereocenters. The van der Waals surface area contributed by atoms with Crippen molar-refractivity contribution in [2.45, 2.75) is 34.1 Å². The van der Waals surface area contributed by atoms with Gasteiger partial charge in [-0.05, 0) is 51.3 Å². The molecule has 7 heteroatoms. The minimum Gasteiger partial charge on any atom is -0.496 e. The predicted molar refractivity (Wildman–Crippen MR) is 114 cm³/mol. The Morgan fingerprint density at radius 2 is 2.00 bits per heavy atom. The van der Waals surface area contributed by atoms with E-state index in [0.717, 1.165) is 30.8 Å². The normalized spacial score (nSPS) is 11.5. The third-order valence-electron chi connectivity index (χ3n) is 3.82. The van der Waals surface area contributed by atoms with E-state index in [4.69, 9.17) is 10.5 Å². The summed E-state index contributed by atoms with van der Waals surface area (Å²) >= 11 is 0. The molecule has 0 spiro atoms. The summed E-state index contributed by atoms with van der Waals surface area (Å²) in [6.45, 7) is 9.44. The number of guanidine groups is 1. The Hall–Kier alpha value is -1.51. The van der Waals surface area contributed by atoms with Gasteiger partial charge in [0.1, 0.15) is 5.75 Å². The van der Waals surface area contributed by atoms with Crippen LogP contribution in [0, 0.1) is 12.3 Å². The monoisotopic (exact) mass is 462 g/mol. The van der Waals surface area contributed by atoms with Gasteiger partial charge < -0.3 is 21.1 Å². The zero-order chi connectivity index (χ0) is 18.2. The van der Waals surface area contributed by atoms with Gasteiger partial charge in [0, 0.05) is 13.1 Å². The summed E-state index contributed by atoms with van der Waals surface area (Å²) in [5.74, 6) is 1.23. The van der Waals surface area contributed by atoms with Crippen LogP contribution in [0.15, 0.2) is 23.2 Å². The maximum absolute atomic E-state index is 11.4. The second kappa shape index (κ2) is 11.2. The van der Waals surface area contributed by atoms with E-state index >= 15 is 0 Å². The van der Waals surface area contributed by atoms with E-state index in [0.29, 0.717) is 12.5 Å². The number of carbonyl (C=O) groups excluding carboxylic acids is 1. The van der Waals surface area contributed by atoms with Crippen molar-refractivity contribution < 1.29 is 9.53 Å². The molecule has 1 aromatic rings. The number of amides is 1. The number of aliphatic imine (C=N–C) groups is 1. The molecule has 4 N–H and O–H groups in total. The van der Waals surface area contributed by atoms with Crippen molar-refractivity contribution in [2.75, 3.05) is 26.7 Å². The number of hydrogen-bond donors (Lipinski definition) is 3. The molecule has 1 amide bonds. The maximum atomic E-state index is 11.4. The SMILES string of the molecule is CCNC(=NCC(C)(C)C(N)=O)NCCc1ccc(C)c(OC)c1.I. The molecular weight excluding hydrogens is 431 g/mol. The number of nitrogens with zero attached hydrogens (tertiary/aromatic N) is 1. The molecular formula is C18H31IN4O2. The van der Waals surface area contributed by atoms with Gasteiger partial charge in [0.25, 0.3) is 0 Å². The summed E-state index contributed by atoms with van der Waals surface area (Å²) in [7, 11) is 1.68. The highest BCUT2D eigenvalue weighted by molar-refractivity contribution is 14.0. The zero-order valence-corrected chi connectivity index (χ0v) is 18.1. The van der Waals surface area contributed by atoms with Crippen LogP contribution in [0.3, 0.4) is 0 Å². The van der Waals surface area contributed by atoms with Crippen molar-refractivity contribution in [2.24, 2.45) is 16.1 Å². The zero-order valence-electron chi connectivity index (χ0n) is 15.8. The minimum absolute atomic E-state index is 0. The first-order chi connectivity index (χ1) is 11.3. The molecule has 0 bridgehead atoms. The van der Waals surface area contributed by atoms with Crippen molar-refractivity contribution >= 4 is 35.8 Å². The van der Waals surface area contributed by atoms with Gasteiger partial charge >= 0.3 is 0 Å². The van der Waals surface area contributed by atoms with Gasteiger partial charge in [-0.25, -0.2) is 0 Å². The second-order valence-corrected chi connectivity index (χ2v) is 6.42. The highest BCUT2D eigenvalue weighted by atomic mass is 127. The number of ether oxygens (including phenoxy) is 1. The third kappa shape index (κ3) is 7.94. The molecule has 0 fully saturated rings. The van der Waals surface area contributed by atoms with Gasteiger partial charge in [-0.2, -0.15) is 0 Å². The number of carbonyl (C=O) groups is 1. The Kier molecular flexibility index (Phi) is 10.5. The molecule has 0 aliphatic rings. The minimum atomic E-state index is -0.660. The number of aryl methyl sites for hydroxylation is 1. The average Bonchev–Trinajstić information content (AvgIpc) is 2.54. The fourth-order valence-electron chi connectivity index (χ4n) is 2.04. The fourth-order valence-corrected chi connectivity index (χ4v) is 2.04. The molecule has 1 rings (SSSR count). The molecule has 0 aliphatic carbocycles. The molecule has 0 saturated carbocycles. The molecule has 0 aromatic heterocycles. The number of benzene rings is 1. The number of hydrogen-bond acceptors (Lipinski definition) is 3. The average molecular weight is 462 g/mol. The lowest BCUT2D eigenvalue weighted by Gasteiger charge is -2.19. The van der Waals surface area contributed by atoms with Gasteiger partial charge in [-0.1, -0.05) is 12.1 Å². The number of nitrogens with two attached hydrogens (primary N) is 1. The van der Waals surface area contributed by atoms with Crippen LogP contribution >= 0.6 is 24.0 Å². The Morgan fingerprint density at radius 3 is 2.56 bits per heavy atom. The van der Waals surface area contributed by atoms with Crippen LogP contribution in [0.4, 0.5) is 0 Å². The molecule has 25 heavy (non-hydrogen) atoms. The molecule has 0 saturated heterocycles. The molecule has 6 nitrogen and oxygen atoms in total. The van der Waals surface area contributed by atoms with Gasteiger partial charge in [-0.3, -0.25) is 9.79 Å². The third-order valence-corrected chi connectivity index (χ3v) is 3.82. The number of primary amides is 1.